The summed E-state index contributed by atoms with van der Waals surface area (Å²) in [6.45, 7) is 8.39. The van der Waals surface area contributed by atoms with Gasteiger partial charge in [0.05, 0.1) is 36.0 Å². The van der Waals surface area contributed by atoms with Gasteiger partial charge in [-0.05, 0) is 42.4 Å². The van der Waals surface area contributed by atoms with Gasteiger partial charge in [0, 0.05) is 43.0 Å². The van der Waals surface area contributed by atoms with Crippen LogP contribution < -0.4 is 0 Å². The highest BCUT2D eigenvalue weighted by Gasteiger charge is 2.37. The molecule has 0 aromatic carbocycles. The number of hydrogen-bond acceptors (Lipinski definition) is 7. The van der Waals surface area contributed by atoms with Crippen molar-refractivity contribution in [1.29, 1.82) is 0 Å². The average Bonchev–Trinajstić information content (AvgIpc) is 3.60. The second-order valence-electron chi connectivity index (χ2n) is 11.2. The van der Waals surface area contributed by atoms with E-state index >= 15 is 0 Å². The molecule has 0 unspecified atom stereocenters. The molecule has 4 aromatic rings. The zero-order valence-corrected chi connectivity index (χ0v) is 28.1. The van der Waals surface area contributed by atoms with Gasteiger partial charge in [-0.25, -0.2) is 0 Å². The van der Waals surface area contributed by atoms with Gasteiger partial charge >= 0.3 is 12.4 Å². The van der Waals surface area contributed by atoms with Gasteiger partial charge in [0.1, 0.15) is 13.1 Å². The van der Waals surface area contributed by atoms with Crippen molar-refractivity contribution < 1.29 is 41.0 Å². The number of rotatable bonds is 8. The average molecular weight is 697 g/mol. The monoisotopic (exact) mass is 696 g/mol. The molecule has 4 heterocycles. The summed E-state index contributed by atoms with van der Waals surface area (Å²) in [6, 6.07) is 9.79. The first-order valence-electron chi connectivity index (χ1n) is 13.7. The molecule has 0 saturated carbocycles. The smallest absolute Gasteiger partial charge is 0.408 e. The number of pyridine rings is 2. The Hall–Kier alpha value is -3.31. The van der Waals surface area contributed by atoms with Crippen LogP contribution in [-0.2, 0) is 30.7 Å². The Morgan fingerprint density at radius 2 is 1.13 bits per heavy atom. The molecule has 0 radical (unpaired) electrons. The van der Waals surface area contributed by atoms with Crippen LogP contribution in [0.25, 0.3) is 22.8 Å². The number of aliphatic hydroxyl groups excluding tert-OH is 2. The molecule has 0 aliphatic heterocycles. The van der Waals surface area contributed by atoms with Gasteiger partial charge in [-0.1, -0.05) is 32.9 Å². The van der Waals surface area contributed by atoms with Crippen LogP contribution in [0.5, 0.6) is 0 Å². The van der Waals surface area contributed by atoms with E-state index < -0.39 is 33.8 Å². The van der Waals surface area contributed by atoms with Gasteiger partial charge in [-0.2, -0.15) is 36.5 Å². The van der Waals surface area contributed by atoms with Crippen LogP contribution in [0.4, 0.5) is 26.3 Å². The fourth-order valence-electron chi connectivity index (χ4n) is 3.72. The molecule has 17 heteroatoms. The predicted molar refractivity (Wildman–Crippen MR) is 166 cm³/mol. The number of nitrogens with zero attached hydrogens (tertiary/aromatic N) is 6. The van der Waals surface area contributed by atoms with E-state index in [0.717, 1.165) is 22.0 Å². The van der Waals surface area contributed by atoms with Crippen molar-refractivity contribution in [3.63, 3.8) is 0 Å². The van der Waals surface area contributed by atoms with Gasteiger partial charge in [0.25, 0.3) is 0 Å². The zero-order valence-electron chi connectivity index (χ0n) is 26.3. The van der Waals surface area contributed by atoms with E-state index in [-0.39, 0.29) is 29.7 Å². The van der Waals surface area contributed by atoms with Crippen LogP contribution in [0, 0.1) is 0 Å². The van der Waals surface area contributed by atoms with Crippen LogP contribution in [0.3, 0.4) is 0 Å². The largest absolute Gasteiger partial charge is 0.412 e. The molecule has 0 aliphatic rings. The molecule has 0 spiro atoms. The third-order valence-corrected chi connectivity index (χ3v) is 11.4. The Kier molecular flexibility index (Phi) is 15.1. The van der Waals surface area contributed by atoms with Crippen molar-refractivity contribution in [2.75, 3.05) is 7.11 Å². The van der Waals surface area contributed by atoms with Crippen LogP contribution in [0.15, 0.2) is 61.2 Å². The molecule has 46 heavy (non-hydrogen) atoms. The summed E-state index contributed by atoms with van der Waals surface area (Å²) in [5.74, 6) is 0. The lowest BCUT2D eigenvalue weighted by atomic mass is 10.1. The van der Waals surface area contributed by atoms with E-state index in [2.05, 4.69) is 54.0 Å². The molecule has 0 amide bonds. The summed E-state index contributed by atoms with van der Waals surface area (Å²) in [7, 11) is -0.977. The number of alkyl halides is 6. The fraction of sp³-hybridized carbons (Fsp3) is 0.448. The van der Waals surface area contributed by atoms with Crippen molar-refractivity contribution in [2.45, 2.75) is 77.6 Å². The van der Waals surface area contributed by atoms with E-state index in [1.165, 1.54) is 24.7 Å². The first-order valence-corrected chi connectivity index (χ1v) is 16.6. The predicted octanol–water partition coefficient (Wildman–Crippen LogP) is 7.06. The first-order chi connectivity index (χ1) is 20.9. The van der Waals surface area contributed by atoms with Gasteiger partial charge in [0.15, 0.2) is 8.32 Å². The normalized spacial score (nSPS) is 12.0. The third kappa shape index (κ3) is 11.8. The summed E-state index contributed by atoms with van der Waals surface area (Å²) in [6.07, 6.45) is -3.04. The maximum absolute atomic E-state index is 12.8. The molecule has 0 saturated heterocycles. The lowest BCUT2D eigenvalue weighted by molar-refractivity contribution is -0.143. The summed E-state index contributed by atoms with van der Waals surface area (Å²) >= 11 is 0. The lowest BCUT2D eigenvalue weighted by Crippen LogP contribution is -2.40. The molecular weight excluding hydrogens is 658 g/mol. The maximum atomic E-state index is 12.8. The van der Waals surface area contributed by atoms with Gasteiger partial charge in [0.2, 0.25) is 0 Å². The zero-order chi connectivity index (χ0) is 34.1. The van der Waals surface area contributed by atoms with E-state index in [1.807, 2.05) is 6.07 Å². The Morgan fingerprint density at radius 3 is 1.52 bits per heavy atom. The summed E-state index contributed by atoms with van der Waals surface area (Å²) in [5.41, 5.74) is 2.58. The minimum Gasteiger partial charge on any atom is -0.412 e. The molecule has 0 fully saturated rings. The van der Waals surface area contributed by atoms with Crippen molar-refractivity contribution in [3.8, 4) is 22.8 Å². The van der Waals surface area contributed by atoms with Gasteiger partial charge in [-0.15, -0.1) is 12.4 Å². The third-order valence-electron chi connectivity index (χ3n) is 6.92. The highest BCUT2D eigenvalue weighted by molar-refractivity contribution is 6.74. The molecular formula is C29H39ClF6N6O3Si. The van der Waals surface area contributed by atoms with Crippen molar-refractivity contribution in [3.05, 3.63) is 72.3 Å². The number of aliphatic hydroxyl groups is 2. The summed E-state index contributed by atoms with van der Waals surface area (Å²) in [5, 5.41) is 23.6. The van der Waals surface area contributed by atoms with Crippen molar-refractivity contribution in [1.82, 2.24) is 29.5 Å². The molecule has 0 aliphatic carbocycles. The molecule has 2 N–H and O–H groups in total. The second-order valence-corrected chi connectivity index (χ2v) is 16.0. The minimum atomic E-state index is -4.35. The Labute approximate surface area is 270 Å². The number of halogens is 7. The Bertz CT molecular complexity index is 1490. The standard InChI is InChI=1S/C17H24F3N3OSi.C11H10F3N3O.CH4O.ClH/c1-16(2,3)25(4,5)24-11-13-7-6-9-21-15(13)14-8-10-22-23(14)12-17(18,19)20;12-11(13,14)7-17-9(3-5-16-17)10-8(6-18)2-1-4-15-10;1-2;/h6-10H,11-12H2,1-5H3;1-5,18H,6-7H2;2H,1H3;1H. The molecule has 256 valence electrons. The fourth-order valence-corrected chi connectivity index (χ4v) is 4.67. The van der Waals surface area contributed by atoms with Crippen LogP contribution in [0.1, 0.15) is 31.9 Å². The summed E-state index contributed by atoms with van der Waals surface area (Å²) in [4.78, 5) is 8.28. The quantitative estimate of drug-likeness (QED) is 0.150. The van der Waals surface area contributed by atoms with E-state index in [1.54, 1.807) is 30.5 Å². The molecule has 9 nitrogen and oxygen atoms in total. The Balaban J connectivity index is 0.000000446. The molecule has 4 rings (SSSR count). The van der Waals surface area contributed by atoms with E-state index in [0.29, 0.717) is 29.3 Å². The topological polar surface area (TPSA) is 111 Å². The van der Waals surface area contributed by atoms with Crippen molar-refractivity contribution in [2.24, 2.45) is 0 Å². The highest BCUT2D eigenvalue weighted by atomic mass is 35.5. The molecule has 4 aromatic heterocycles. The van der Waals surface area contributed by atoms with E-state index in [9.17, 15) is 26.3 Å². The second kappa shape index (κ2) is 17.0. The SMILES string of the molecule is CC(C)(C)[Si](C)(C)OCc1cccnc1-c1ccnn1CC(F)(F)F.CO.Cl.OCc1cccnc1-c1ccnn1CC(F)(F)F. The van der Waals surface area contributed by atoms with Crippen LogP contribution in [0.2, 0.25) is 18.1 Å². The van der Waals surface area contributed by atoms with E-state index in [4.69, 9.17) is 14.6 Å². The number of hydrogen-bond donors (Lipinski definition) is 2. The lowest BCUT2D eigenvalue weighted by Gasteiger charge is -2.36. The van der Waals surface area contributed by atoms with Crippen molar-refractivity contribution >= 4 is 20.7 Å². The number of aromatic nitrogens is 6. The van der Waals surface area contributed by atoms with Crippen LogP contribution >= 0.6 is 12.4 Å². The first kappa shape index (κ1) is 40.7. The Morgan fingerprint density at radius 1 is 0.717 bits per heavy atom. The van der Waals surface area contributed by atoms with Crippen LogP contribution in [-0.4, -0.2) is 67.5 Å². The molecule has 0 atom stereocenters. The van der Waals surface area contributed by atoms with Gasteiger partial charge in [-0.3, -0.25) is 19.3 Å². The molecule has 0 bridgehead atoms. The maximum Gasteiger partial charge on any atom is 0.408 e. The summed E-state index contributed by atoms with van der Waals surface area (Å²) < 4.78 is 83.3. The highest BCUT2D eigenvalue weighted by Crippen LogP contribution is 2.37. The minimum absolute atomic E-state index is 0. The van der Waals surface area contributed by atoms with Gasteiger partial charge < -0.3 is 14.6 Å².